The number of amides is 1. The lowest BCUT2D eigenvalue weighted by molar-refractivity contribution is -0.118. The van der Waals surface area contributed by atoms with Gasteiger partial charge in [-0.2, -0.15) is 9.78 Å². The van der Waals surface area contributed by atoms with Crippen molar-refractivity contribution >= 4 is 44.6 Å². The van der Waals surface area contributed by atoms with Crippen molar-refractivity contribution in [3.63, 3.8) is 0 Å². The minimum absolute atomic E-state index is 0.0109. The van der Waals surface area contributed by atoms with Gasteiger partial charge in [-0.05, 0) is 66.6 Å². The summed E-state index contributed by atoms with van der Waals surface area (Å²) >= 11 is 3.41. The summed E-state index contributed by atoms with van der Waals surface area (Å²) in [5, 5.41) is 7.50. The Morgan fingerprint density at radius 2 is 2.00 bits per heavy atom. The lowest BCUT2D eigenvalue weighted by Crippen LogP contribution is -2.23. The van der Waals surface area contributed by atoms with Gasteiger partial charge in [0.1, 0.15) is 11.6 Å². The van der Waals surface area contributed by atoms with Crippen LogP contribution in [0.3, 0.4) is 0 Å². The van der Waals surface area contributed by atoms with E-state index in [0.717, 1.165) is 10.9 Å². The molecule has 196 valence electrons. The average molecular weight is 581 g/mol. The number of halogens is 2. The van der Waals surface area contributed by atoms with Crippen LogP contribution in [0.2, 0.25) is 0 Å². The zero-order valence-corrected chi connectivity index (χ0v) is 22.7. The van der Waals surface area contributed by atoms with Gasteiger partial charge in [-0.25, -0.2) is 9.37 Å². The first-order chi connectivity index (χ1) is 18.3. The van der Waals surface area contributed by atoms with Crippen molar-refractivity contribution < 1.29 is 18.7 Å². The number of rotatable bonds is 9. The van der Waals surface area contributed by atoms with Crippen molar-refractivity contribution in [3.8, 4) is 11.5 Å². The molecule has 0 aliphatic rings. The molecule has 0 unspecified atom stereocenters. The molecule has 1 heterocycles. The Morgan fingerprint density at radius 1 is 1.18 bits per heavy atom. The van der Waals surface area contributed by atoms with E-state index in [4.69, 9.17) is 14.5 Å². The molecule has 4 rings (SSSR count). The van der Waals surface area contributed by atoms with E-state index < -0.39 is 11.7 Å². The van der Waals surface area contributed by atoms with Crippen molar-refractivity contribution in [2.24, 2.45) is 5.10 Å². The van der Waals surface area contributed by atoms with E-state index in [1.807, 2.05) is 26.0 Å². The largest absolute Gasteiger partial charge is 0.493 e. The molecule has 1 aromatic heterocycles. The number of fused-ring (bicyclic) bond motifs is 1. The summed E-state index contributed by atoms with van der Waals surface area (Å²) in [4.78, 5) is 30.2. The lowest BCUT2D eigenvalue weighted by Gasteiger charge is -2.14. The second-order valence-electron chi connectivity index (χ2n) is 8.56. The average Bonchev–Trinajstić information content (AvgIpc) is 2.91. The zero-order chi connectivity index (χ0) is 27.2. The lowest BCUT2D eigenvalue weighted by atomic mass is 10.1. The molecule has 38 heavy (non-hydrogen) atoms. The number of hydrogen-bond donors (Lipinski definition) is 1. The van der Waals surface area contributed by atoms with Gasteiger partial charge in [-0.1, -0.05) is 35.8 Å². The van der Waals surface area contributed by atoms with E-state index in [1.54, 1.807) is 36.5 Å². The van der Waals surface area contributed by atoms with Crippen molar-refractivity contribution in [2.45, 2.75) is 26.2 Å². The molecule has 0 aliphatic carbocycles. The fourth-order valence-electron chi connectivity index (χ4n) is 3.69. The van der Waals surface area contributed by atoms with E-state index >= 15 is 0 Å². The third-order valence-electron chi connectivity index (χ3n) is 5.86. The van der Waals surface area contributed by atoms with Gasteiger partial charge in [-0.15, -0.1) is 0 Å². The minimum atomic E-state index is -0.450. The Kier molecular flexibility index (Phi) is 8.52. The van der Waals surface area contributed by atoms with E-state index in [1.165, 1.54) is 30.0 Å². The van der Waals surface area contributed by atoms with Crippen LogP contribution in [-0.4, -0.2) is 35.5 Å². The molecule has 0 radical (unpaired) electrons. The fraction of sp³-hybridized carbons (Fsp3) is 0.214. The molecule has 0 aliphatic heterocycles. The number of benzene rings is 3. The number of ether oxygens (including phenoxy) is 2. The highest BCUT2D eigenvalue weighted by Gasteiger charge is 2.16. The van der Waals surface area contributed by atoms with Crippen molar-refractivity contribution in [1.82, 2.24) is 9.66 Å². The molecule has 1 amide bonds. The van der Waals surface area contributed by atoms with E-state index in [-0.39, 0.29) is 18.1 Å². The molecule has 4 aromatic rings. The molecule has 0 saturated carbocycles. The second kappa shape index (κ2) is 12.0. The van der Waals surface area contributed by atoms with Gasteiger partial charge < -0.3 is 14.8 Å². The monoisotopic (exact) mass is 580 g/mol. The summed E-state index contributed by atoms with van der Waals surface area (Å²) < 4.78 is 26.5. The van der Waals surface area contributed by atoms with Crippen molar-refractivity contribution in [2.75, 3.05) is 19.0 Å². The number of nitrogens with zero attached hydrogens (tertiary/aromatic N) is 3. The molecule has 0 saturated heterocycles. The number of hydrogen-bond acceptors (Lipinski definition) is 6. The molecular formula is C28H26BrFN4O4. The summed E-state index contributed by atoms with van der Waals surface area (Å²) in [5.41, 5.74) is 1.33. The Bertz CT molecular complexity index is 1570. The van der Waals surface area contributed by atoms with Crippen LogP contribution in [0.5, 0.6) is 11.5 Å². The predicted molar refractivity (Wildman–Crippen MR) is 149 cm³/mol. The topological polar surface area (TPSA) is 94.8 Å². The first-order valence-electron chi connectivity index (χ1n) is 11.9. The van der Waals surface area contributed by atoms with Crippen LogP contribution in [0.4, 0.5) is 10.1 Å². The van der Waals surface area contributed by atoms with Crippen molar-refractivity contribution in [1.29, 1.82) is 0 Å². The van der Waals surface area contributed by atoms with E-state index in [2.05, 4.69) is 26.3 Å². The number of carbonyl (C=O) groups is 1. The van der Waals surface area contributed by atoms with Crippen LogP contribution >= 0.6 is 15.9 Å². The highest BCUT2D eigenvalue weighted by atomic mass is 79.9. The predicted octanol–water partition coefficient (Wildman–Crippen LogP) is 5.72. The zero-order valence-electron chi connectivity index (χ0n) is 21.1. The first-order valence-corrected chi connectivity index (χ1v) is 12.7. The molecule has 0 fully saturated rings. The van der Waals surface area contributed by atoms with Crippen LogP contribution in [0, 0.1) is 5.82 Å². The van der Waals surface area contributed by atoms with Gasteiger partial charge in [0, 0.05) is 16.1 Å². The van der Waals surface area contributed by atoms with Crippen molar-refractivity contribution in [3.05, 3.63) is 92.7 Å². The summed E-state index contributed by atoms with van der Waals surface area (Å²) in [5.74, 6) is 0.400. The number of anilines is 1. The standard InChI is InChI=1S/C28H26BrFN4O4/c1-4-17(2)27-33-23-10-9-19(29)13-22(23)28(36)34(27)31-15-18-8-11-24(25(12-18)37-3)38-16-26(35)32-21-7-5-6-20(30)14-21/h5-15,17H,4,16H2,1-3H3,(H,32,35)/t17-/m0/s1. The minimum Gasteiger partial charge on any atom is -0.493 e. The summed E-state index contributed by atoms with van der Waals surface area (Å²) in [6.07, 6.45) is 2.33. The maximum absolute atomic E-state index is 13.3. The van der Waals surface area contributed by atoms with E-state index in [0.29, 0.717) is 39.5 Å². The molecule has 1 N–H and O–H groups in total. The Hall–Kier alpha value is -4.05. The summed E-state index contributed by atoms with van der Waals surface area (Å²) in [7, 11) is 1.48. The van der Waals surface area contributed by atoms with Crippen LogP contribution in [0.1, 0.15) is 37.6 Å². The highest BCUT2D eigenvalue weighted by Crippen LogP contribution is 2.28. The SMILES string of the molecule is CC[C@H](C)c1nc2ccc(Br)cc2c(=O)n1N=Cc1ccc(OCC(=O)Nc2cccc(F)c2)c(OC)c1. The van der Waals surface area contributed by atoms with Crippen LogP contribution < -0.4 is 20.3 Å². The fourth-order valence-corrected chi connectivity index (χ4v) is 4.05. The van der Waals surface area contributed by atoms with Gasteiger partial charge in [0.2, 0.25) is 0 Å². The number of methoxy groups -OCH3 is 1. The Labute approximate surface area is 227 Å². The Morgan fingerprint density at radius 3 is 2.74 bits per heavy atom. The molecule has 1 atom stereocenters. The summed E-state index contributed by atoms with van der Waals surface area (Å²) in [6.45, 7) is 3.73. The van der Waals surface area contributed by atoms with Crippen LogP contribution in [-0.2, 0) is 4.79 Å². The van der Waals surface area contributed by atoms with Gasteiger partial charge in [0.15, 0.2) is 18.1 Å². The molecule has 0 spiro atoms. The maximum Gasteiger partial charge on any atom is 0.282 e. The highest BCUT2D eigenvalue weighted by molar-refractivity contribution is 9.10. The van der Waals surface area contributed by atoms with Gasteiger partial charge in [0.25, 0.3) is 11.5 Å². The molecule has 10 heteroatoms. The molecule has 8 nitrogen and oxygen atoms in total. The molecular weight excluding hydrogens is 555 g/mol. The number of aromatic nitrogens is 2. The van der Waals surface area contributed by atoms with Gasteiger partial charge in [0.05, 0.1) is 24.2 Å². The van der Waals surface area contributed by atoms with Gasteiger partial charge >= 0.3 is 0 Å². The third kappa shape index (κ3) is 6.25. The Balaban J connectivity index is 1.56. The number of carbonyl (C=O) groups excluding carboxylic acids is 1. The first kappa shape index (κ1) is 27.0. The quantitative estimate of drug-likeness (QED) is 0.255. The summed E-state index contributed by atoms with van der Waals surface area (Å²) in [6, 6.07) is 16.0. The van der Waals surface area contributed by atoms with Gasteiger partial charge in [-0.3, -0.25) is 9.59 Å². The molecule has 0 bridgehead atoms. The smallest absolute Gasteiger partial charge is 0.282 e. The molecule has 3 aromatic carbocycles. The van der Waals surface area contributed by atoms with Crippen LogP contribution in [0.25, 0.3) is 10.9 Å². The third-order valence-corrected chi connectivity index (χ3v) is 6.36. The maximum atomic E-state index is 13.3. The normalized spacial score (nSPS) is 12.0. The van der Waals surface area contributed by atoms with Crippen LogP contribution in [0.15, 0.2) is 75.0 Å². The number of nitrogens with one attached hydrogen (secondary N) is 1. The second-order valence-corrected chi connectivity index (χ2v) is 9.48. The van der Waals surface area contributed by atoms with E-state index in [9.17, 15) is 14.0 Å².